The van der Waals surface area contributed by atoms with Crippen LogP contribution in [0.4, 0.5) is 9.18 Å². The number of ketones is 1. The summed E-state index contributed by atoms with van der Waals surface area (Å²) in [5.41, 5.74) is -1.19. The number of nitrogens with zero attached hydrogens (tertiary/aromatic N) is 1. The van der Waals surface area contributed by atoms with Crippen LogP contribution in [0.25, 0.3) is 0 Å². The number of halogens is 1. The van der Waals surface area contributed by atoms with E-state index in [-0.39, 0.29) is 56.8 Å². The smallest absolute Gasteiger partial charge is 0.329 e. The third-order valence-electron chi connectivity index (χ3n) is 11.0. The van der Waals surface area contributed by atoms with E-state index in [2.05, 4.69) is 31.6 Å². The van der Waals surface area contributed by atoms with Crippen molar-refractivity contribution < 1.29 is 61.7 Å². The summed E-state index contributed by atoms with van der Waals surface area (Å²) in [7, 11) is 0. The van der Waals surface area contributed by atoms with Crippen LogP contribution in [0.3, 0.4) is 0 Å². The summed E-state index contributed by atoms with van der Waals surface area (Å²) in [6.45, 7) is 20.9. The van der Waals surface area contributed by atoms with Gasteiger partial charge in [-0.25, -0.2) is 14.6 Å². The Bertz CT molecular complexity index is 2370. The molecule has 75 heavy (non-hydrogen) atoms. The molecule has 3 aromatic rings. The van der Waals surface area contributed by atoms with E-state index >= 15 is 0 Å². The molecule has 19 heteroatoms. The lowest BCUT2D eigenvalue weighted by molar-refractivity contribution is -0.161. The van der Waals surface area contributed by atoms with E-state index in [0.717, 1.165) is 17.8 Å². The Morgan fingerprint density at radius 2 is 1.24 bits per heavy atom. The molecule has 18 nitrogen and oxygen atoms in total. The Morgan fingerprint density at radius 3 is 1.83 bits per heavy atom. The summed E-state index contributed by atoms with van der Waals surface area (Å²) in [6, 6.07) is 15.1. The van der Waals surface area contributed by atoms with Gasteiger partial charge in [-0.15, -0.1) is 0 Å². The number of esters is 3. The highest BCUT2D eigenvalue weighted by Gasteiger charge is 2.32. The van der Waals surface area contributed by atoms with Gasteiger partial charge in [0, 0.05) is 38.0 Å². The van der Waals surface area contributed by atoms with Crippen molar-refractivity contribution in [1.29, 1.82) is 0 Å². The minimum Gasteiger partial charge on any atom is -0.484 e. The molecule has 4 atom stereocenters. The highest BCUT2D eigenvalue weighted by Crippen LogP contribution is 2.25. The number of ether oxygens (including phenoxy) is 4. The van der Waals surface area contributed by atoms with Crippen molar-refractivity contribution in [3.8, 4) is 5.75 Å². The van der Waals surface area contributed by atoms with Crippen LogP contribution in [0.1, 0.15) is 143 Å². The first-order valence-corrected chi connectivity index (χ1v) is 25.3. The second kappa shape index (κ2) is 28.7. The maximum Gasteiger partial charge on any atom is 0.329 e. The highest BCUT2D eigenvalue weighted by atomic mass is 18.2. The molecule has 0 aliphatic carbocycles. The number of carbonyl (C=O) groups is 8. The lowest BCUT2D eigenvalue weighted by Gasteiger charge is -2.32. The average Bonchev–Trinajstić information content (AvgIpc) is 3.29. The third kappa shape index (κ3) is 25.7. The fraction of sp³-hybridized carbons (Fsp3) is 0.554. The number of amides is 5. The summed E-state index contributed by atoms with van der Waals surface area (Å²) in [4.78, 5) is 108. The third-order valence-corrected chi connectivity index (χ3v) is 11.0. The van der Waals surface area contributed by atoms with Crippen LogP contribution >= 0.6 is 0 Å². The van der Waals surface area contributed by atoms with Crippen molar-refractivity contribution >= 4 is 47.4 Å². The summed E-state index contributed by atoms with van der Waals surface area (Å²) in [5.74, 6) is -5.07. The van der Waals surface area contributed by atoms with E-state index in [4.69, 9.17) is 18.9 Å². The maximum atomic E-state index is 13.6. The van der Waals surface area contributed by atoms with Crippen molar-refractivity contribution in [2.24, 2.45) is 11.3 Å². The number of pyridine rings is 1. The molecule has 412 valence electrons. The van der Waals surface area contributed by atoms with Gasteiger partial charge >= 0.3 is 23.9 Å². The molecular weight excluding hydrogens is 967 g/mol. The molecule has 0 aliphatic rings. The van der Waals surface area contributed by atoms with E-state index in [1.165, 1.54) is 6.07 Å². The van der Waals surface area contributed by atoms with Crippen LogP contribution in [0.5, 0.6) is 5.75 Å². The van der Waals surface area contributed by atoms with Gasteiger partial charge in [-0.1, -0.05) is 63.2 Å². The number of nitrogens with one attached hydrogen (secondary N) is 5. The fourth-order valence-electron chi connectivity index (χ4n) is 7.38. The SMILES string of the molecule is CC(C)(C)OC(=O)CC[C@H](NC(=O)N[C@@H](CCCCNC(=O)[C@H](Cc1ccccc1)NC(=O)COc1ccc(C[C@H](CC(=O)CNC(=O)c2ccc([18F])nc2)C(=O)OC(C)(C)C)cc1)C(C)(C)C)C(=O)OC(C)(C)C. The van der Waals surface area contributed by atoms with Crippen molar-refractivity contribution in [2.75, 3.05) is 19.7 Å². The number of Topliss-reactive ketones (excluding diaryl/α,β-unsaturated/α-hetero) is 1. The maximum absolute atomic E-state index is 13.6. The van der Waals surface area contributed by atoms with Gasteiger partial charge in [-0.05, 0) is 135 Å². The zero-order valence-corrected chi connectivity index (χ0v) is 45.7. The van der Waals surface area contributed by atoms with Crippen LogP contribution in [0.15, 0.2) is 72.9 Å². The number of urea groups is 1. The molecule has 5 amide bonds. The Morgan fingerprint density at radius 1 is 0.627 bits per heavy atom. The number of carbonyl (C=O) groups excluding carboxylic acids is 8. The van der Waals surface area contributed by atoms with Gasteiger partial charge in [-0.2, -0.15) is 4.39 Å². The summed E-state index contributed by atoms with van der Waals surface area (Å²) < 4.78 is 35.5. The zero-order chi connectivity index (χ0) is 56.1. The molecule has 0 bridgehead atoms. The van der Waals surface area contributed by atoms with Crippen LogP contribution in [-0.4, -0.2) is 107 Å². The van der Waals surface area contributed by atoms with E-state index < -0.39 is 100 Å². The molecule has 1 heterocycles. The van der Waals surface area contributed by atoms with Crippen molar-refractivity contribution in [2.45, 2.75) is 169 Å². The lowest BCUT2D eigenvalue weighted by atomic mass is 9.84. The monoisotopic (exact) mass is 1050 g/mol. The van der Waals surface area contributed by atoms with Crippen LogP contribution in [-0.2, 0) is 55.8 Å². The Labute approximate surface area is 441 Å². The number of rotatable bonds is 26. The normalized spacial score (nSPS) is 13.4. The van der Waals surface area contributed by atoms with Gasteiger partial charge in [-0.3, -0.25) is 28.8 Å². The molecule has 0 unspecified atom stereocenters. The van der Waals surface area contributed by atoms with E-state index in [1.807, 2.05) is 51.1 Å². The second-order valence-electron chi connectivity index (χ2n) is 22.5. The van der Waals surface area contributed by atoms with Crippen molar-refractivity contribution in [1.82, 2.24) is 31.6 Å². The van der Waals surface area contributed by atoms with Crippen LogP contribution in [0, 0.1) is 17.3 Å². The minimum atomic E-state index is -1.11. The fourth-order valence-corrected chi connectivity index (χ4v) is 7.38. The number of benzene rings is 2. The standard InChI is InChI=1S/C56H79FN6O12/c1-53(2,3)44(63-52(71)62-42(51(70)75-56(10,11)12)26-28-47(66)73-54(4,5)6)20-16-17-29-58-49(68)43(31-36-18-14-13-15-19-36)61-46(65)35-72-41-24-21-37(22-25-41)30-39(50(69)74-55(7,8)9)32-40(64)34-60-48(67)38-23-27-45(57)59-33-38/h13-15,18-19,21-25,27,33,39,42-44H,16-17,20,26,28-32,34-35H2,1-12H3,(H,58,68)(H,60,67)(H,61,65)(H2,62,63,71)/t39-,42+,43+,44+/m1/s1/i57-1. The summed E-state index contributed by atoms with van der Waals surface area (Å²) in [6.07, 6.45) is 2.71. The lowest BCUT2D eigenvalue weighted by Crippen LogP contribution is -2.53. The quantitative estimate of drug-likeness (QED) is 0.0235. The van der Waals surface area contributed by atoms with Crippen LogP contribution in [0.2, 0.25) is 0 Å². The Balaban J connectivity index is 1.57. The van der Waals surface area contributed by atoms with Gasteiger partial charge in [0.05, 0.1) is 18.0 Å². The van der Waals surface area contributed by atoms with Gasteiger partial charge < -0.3 is 45.5 Å². The Kier molecular flexibility index (Phi) is 23.8. The average molecular weight is 1050 g/mol. The number of aromatic nitrogens is 1. The van der Waals surface area contributed by atoms with Crippen molar-refractivity contribution in [3.63, 3.8) is 0 Å². The minimum absolute atomic E-state index is 0.0222. The molecular formula is C56H79FN6O12. The number of hydrogen-bond acceptors (Lipinski definition) is 13. The van der Waals surface area contributed by atoms with Gasteiger partial charge in [0.1, 0.15) is 34.6 Å². The van der Waals surface area contributed by atoms with Gasteiger partial charge in [0.15, 0.2) is 12.4 Å². The largest absolute Gasteiger partial charge is 0.484 e. The van der Waals surface area contributed by atoms with Crippen LogP contribution < -0.4 is 31.3 Å². The summed E-state index contributed by atoms with van der Waals surface area (Å²) >= 11 is 0. The van der Waals surface area contributed by atoms with Gasteiger partial charge in [0.25, 0.3) is 11.8 Å². The zero-order valence-electron chi connectivity index (χ0n) is 45.7. The molecule has 5 N–H and O–H groups in total. The Hall–Kier alpha value is -6.92. The van der Waals surface area contributed by atoms with E-state index in [1.54, 1.807) is 86.6 Å². The molecule has 0 fully saturated rings. The predicted octanol–water partition coefficient (Wildman–Crippen LogP) is 7.05. The number of unbranched alkanes of at least 4 members (excludes halogenated alkanes) is 1. The molecule has 0 saturated heterocycles. The van der Waals surface area contributed by atoms with E-state index in [0.29, 0.717) is 30.6 Å². The van der Waals surface area contributed by atoms with E-state index in [9.17, 15) is 42.7 Å². The van der Waals surface area contributed by atoms with Crippen molar-refractivity contribution in [3.05, 3.63) is 95.6 Å². The molecule has 0 spiro atoms. The topological polar surface area (TPSA) is 247 Å². The molecule has 3 rings (SSSR count). The highest BCUT2D eigenvalue weighted by molar-refractivity contribution is 5.97. The molecule has 0 saturated carbocycles. The molecule has 1 aromatic heterocycles. The molecule has 2 aromatic carbocycles. The predicted molar refractivity (Wildman–Crippen MR) is 280 cm³/mol. The van der Waals surface area contributed by atoms with Gasteiger partial charge in [0.2, 0.25) is 11.9 Å². The first-order chi connectivity index (χ1) is 34.9. The number of hydrogen-bond donors (Lipinski definition) is 5. The summed E-state index contributed by atoms with van der Waals surface area (Å²) in [5, 5.41) is 13.9. The molecule has 0 aliphatic heterocycles. The molecule has 0 radical (unpaired) electrons. The first-order valence-electron chi connectivity index (χ1n) is 25.3. The first kappa shape index (κ1) is 62.4. The second-order valence-corrected chi connectivity index (χ2v) is 22.5.